The van der Waals surface area contributed by atoms with Crippen LogP contribution in [0.5, 0.6) is 0 Å². The Morgan fingerprint density at radius 2 is 2.00 bits per heavy atom. The number of rotatable bonds is 3. The largest absolute Gasteiger partial charge is 0.399 e. The summed E-state index contributed by atoms with van der Waals surface area (Å²) in [5.74, 6) is 0.0166. The molecule has 0 radical (unpaired) electrons. The number of anilines is 2. The van der Waals surface area contributed by atoms with Gasteiger partial charge in [0.05, 0.1) is 0 Å². The van der Waals surface area contributed by atoms with Gasteiger partial charge in [-0.1, -0.05) is 0 Å². The highest BCUT2D eigenvalue weighted by Crippen LogP contribution is 2.09. The third-order valence-corrected chi connectivity index (χ3v) is 1.48. The third kappa shape index (κ3) is 3.42. The maximum absolute atomic E-state index is 10.5. The standard InChI is InChI=1S/C10H12N2O/c1-8(13)6-7-12-10-4-2-9(11)3-5-10/h2-7,12H,11H2,1H3. The van der Waals surface area contributed by atoms with Crippen molar-refractivity contribution in [1.82, 2.24) is 0 Å². The minimum absolute atomic E-state index is 0.0166. The Morgan fingerprint density at radius 1 is 1.38 bits per heavy atom. The van der Waals surface area contributed by atoms with Crippen molar-refractivity contribution in [2.75, 3.05) is 11.1 Å². The van der Waals surface area contributed by atoms with E-state index >= 15 is 0 Å². The van der Waals surface area contributed by atoms with Gasteiger partial charge in [-0.05, 0) is 37.3 Å². The van der Waals surface area contributed by atoms with E-state index in [4.69, 9.17) is 5.73 Å². The van der Waals surface area contributed by atoms with E-state index in [-0.39, 0.29) is 5.78 Å². The van der Waals surface area contributed by atoms with Gasteiger partial charge in [0.15, 0.2) is 5.78 Å². The highest BCUT2D eigenvalue weighted by Gasteiger charge is 1.87. The van der Waals surface area contributed by atoms with Crippen LogP contribution in [0.15, 0.2) is 36.5 Å². The molecule has 0 spiro atoms. The summed E-state index contributed by atoms with van der Waals surface area (Å²) in [5, 5.41) is 2.95. The highest BCUT2D eigenvalue weighted by atomic mass is 16.1. The molecule has 0 bridgehead atoms. The fraction of sp³-hybridized carbons (Fsp3) is 0.100. The monoisotopic (exact) mass is 176 g/mol. The molecule has 0 saturated carbocycles. The van der Waals surface area contributed by atoms with E-state index in [1.54, 1.807) is 18.3 Å². The number of nitrogens with two attached hydrogens (primary N) is 1. The molecule has 1 aromatic carbocycles. The average molecular weight is 176 g/mol. The third-order valence-electron chi connectivity index (χ3n) is 1.48. The molecule has 1 rings (SSSR count). The zero-order chi connectivity index (χ0) is 9.68. The summed E-state index contributed by atoms with van der Waals surface area (Å²) < 4.78 is 0. The van der Waals surface area contributed by atoms with Gasteiger partial charge >= 0.3 is 0 Å². The number of nitrogens with one attached hydrogen (secondary N) is 1. The Bertz CT molecular complexity index is 314. The Labute approximate surface area is 77.3 Å². The van der Waals surface area contributed by atoms with Crippen molar-refractivity contribution in [3.05, 3.63) is 36.5 Å². The summed E-state index contributed by atoms with van der Waals surface area (Å²) in [6.07, 6.45) is 3.07. The molecule has 0 atom stereocenters. The summed E-state index contributed by atoms with van der Waals surface area (Å²) in [6.45, 7) is 1.50. The molecule has 0 aliphatic heterocycles. The molecule has 68 valence electrons. The second kappa shape index (κ2) is 4.30. The zero-order valence-corrected chi connectivity index (χ0v) is 7.45. The summed E-state index contributed by atoms with van der Waals surface area (Å²) in [5.41, 5.74) is 7.14. The zero-order valence-electron chi connectivity index (χ0n) is 7.45. The quantitative estimate of drug-likeness (QED) is 0.545. The van der Waals surface area contributed by atoms with E-state index in [9.17, 15) is 4.79 Å². The van der Waals surface area contributed by atoms with Crippen LogP contribution in [0.4, 0.5) is 11.4 Å². The molecule has 3 N–H and O–H groups in total. The van der Waals surface area contributed by atoms with E-state index in [0.717, 1.165) is 11.4 Å². The van der Waals surface area contributed by atoms with Crippen molar-refractivity contribution >= 4 is 17.2 Å². The van der Waals surface area contributed by atoms with E-state index in [0.29, 0.717) is 0 Å². The molecular formula is C10H12N2O. The van der Waals surface area contributed by atoms with Crippen LogP contribution in [0, 0.1) is 0 Å². The van der Waals surface area contributed by atoms with Crippen LogP contribution in [-0.4, -0.2) is 5.78 Å². The molecule has 0 saturated heterocycles. The first kappa shape index (κ1) is 9.32. The predicted octanol–water partition coefficient (Wildman–Crippen LogP) is 1.78. The number of benzene rings is 1. The number of carbonyl (C=O) groups excluding carboxylic acids is 1. The van der Waals surface area contributed by atoms with Gasteiger partial charge in [0.2, 0.25) is 0 Å². The van der Waals surface area contributed by atoms with Crippen molar-refractivity contribution in [3.8, 4) is 0 Å². The first-order valence-electron chi connectivity index (χ1n) is 3.97. The Morgan fingerprint density at radius 3 is 2.54 bits per heavy atom. The number of carbonyl (C=O) groups is 1. The number of hydrogen-bond donors (Lipinski definition) is 2. The summed E-state index contributed by atoms with van der Waals surface area (Å²) in [6, 6.07) is 7.29. The highest BCUT2D eigenvalue weighted by molar-refractivity contribution is 5.87. The lowest BCUT2D eigenvalue weighted by Gasteiger charge is -1.99. The molecule has 1 aromatic rings. The van der Waals surface area contributed by atoms with Crippen molar-refractivity contribution in [3.63, 3.8) is 0 Å². The van der Waals surface area contributed by atoms with E-state index < -0.39 is 0 Å². The Balaban J connectivity index is 2.55. The Kier molecular flexibility index (Phi) is 3.09. The second-order valence-corrected chi connectivity index (χ2v) is 2.71. The van der Waals surface area contributed by atoms with Crippen LogP contribution in [0.2, 0.25) is 0 Å². The minimum Gasteiger partial charge on any atom is -0.399 e. The van der Waals surface area contributed by atoms with Crippen LogP contribution < -0.4 is 11.1 Å². The minimum atomic E-state index is 0.0166. The predicted molar refractivity (Wildman–Crippen MR) is 54.3 cm³/mol. The van der Waals surface area contributed by atoms with Crippen LogP contribution in [-0.2, 0) is 4.79 Å². The van der Waals surface area contributed by atoms with Gasteiger partial charge < -0.3 is 11.1 Å². The molecule has 0 aliphatic carbocycles. The van der Waals surface area contributed by atoms with Crippen molar-refractivity contribution in [2.24, 2.45) is 0 Å². The first-order valence-corrected chi connectivity index (χ1v) is 3.97. The number of nitrogen functional groups attached to an aromatic ring is 1. The van der Waals surface area contributed by atoms with Crippen LogP contribution in [0.3, 0.4) is 0 Å². The molecule has 0 amide bonds. The van der Waals surface area contributed by atoms with Gasteiger partial charge in [-0.15, -0.1) is 0 Å². The molecule has 3 heteroatoms. The lowest BCUT2D eigenvalue weighted by molar-refractivity contribution is -0.112. The fourth-order valence-electron chi connectivity index (χ4n) is 0.835. The van der Waals surface area contributed by atoms with Crippen LogP contribution in [0.25, 0.3) is 0 Å². The maximum atomic E-state index is 10.5. The lowest BCUT2D eigenvalue weighted by Crippen LogP contribution is -1.90. The second-order valence-electron chi connectivity index (χ2n) is 2.71. The van der Waals surface area contributed by atoms with Gasteiger partial charge in [-0.2, -0.15) is 0 Å². The summed E-state index contributed by atoms with van der Waals surface area (Å²) >= 11 is 0. The Hall–Kier alpha value is -1.77. The molecule has 13 heavy (non-hydrogen) atoms. The number of allylic oxidation sites excluding steroid dienone is 1. The SMILES string of the molecule is CC(=O)C=CNc1ccc(N)cc1. The summed E-state index contributed by atoms with van der Waals surface area (Å²) in [7, 11) is 0. The smallest absolute Gasteiger partial charge is 0.154 e. The molecule has 0 aromatic heterocycles. The van der Waals surface area contributed by atoms with Gasteiger partial charge in [-0.25, -0.2) is 0 Å². The molecule has 3 nitrogen and oxygen atoms in total. The van der Waals surface area contributed by atoms with Crippen molar-refractivity contribution in [1.29, 1.82) is 0 Å². The van der Waals surface area contributed by atoms with Crippen LogP contribution in [0.1, 0.15) is 6.92 Å². The topological polar surface area (TPSA) is 55.1 Å². The van der Waals surface area contributed by atoms with Gasteiger partial charge in [0.25, 0.3) is 0 Å². The van der Waals surface area contributed by atoms with Crippen molar-refractivity contribution in [2.45, 2.75) is 6.92 Å². The van der Waals surface area contributed by atoms with Crippen molar-refractivity contribution < 1.29 is 4.79 Å². The fourth-order valence-corrected chi connectivity index (χ4v) is 0.835. The summed E-state index contributed by atoms with van der Waals surface area (Å²) in [4.78, 5) is 10.5. The van der Waals surface area contributed by atoms with Crippen LogP contribution >= 0.6 is 0 Å². The maximum Gasteiger partial charge on any atom is 0.154 e. The average Bonchev–Trinajstić information content (AvgIpc) is 2.08. The molecule has 0 heterocycles. The van der Waals surface area contributed by atoms with Gasteiger partial charge in [-0.3, -0.25) is 4.79 Å². The number of hydrogen-bond acceptors (Lipinski definition) is 3. The lowest BCUT2D eigenvalue weighted by atomic mass is 10.3. The molecule has 0 aliphatic rings. The molecule has 0 unspecified atom stereocenters. The first-order chi connectivity index (χ1) is 6.18. The normalized spacial score (nSPS) is 10.2. The van der Waals surface area contributed by atoms with E-state index in [1.165, 1.54) is 13.0 Å². The molecular weight excluding hydrogens is 164 g/mol. The number of ketones is 1. The molecule has 0 fully saturated rings. The van der Waals surface area contributed by atoms with E-state index in [1.807, 2.05) is 12.1 Å². The van der Waals surface area contributed by atoms with Gasteiger partial charge in [0.1, 0.15) is 0 Å². The van der Waals surface area contributed by atoms with Gasteiger partial charge in [0, 0.05) is 17.6 Å². The van der Waals surface area contributed by atoms with E-state index in [2.05, 4.69) is 5.32 Å².